The van der Waals surface area contributed by atoms with E-state index in [2.05, 4.69) is 15.2 Å². The average molecular weight is 401 g/mol. The minimum atomic E-state index is -0.432. The number of anilines is 1. The summed E-state index contributed by atoms with van der Waals surface area (Å²) in [6.45, 7) is -0.0311. The number of nitrogens with zero attached hydrogens (tertiary/aromatic N) is 2. The summed E-state index contributed by atoms with van der Waals surface area (Å²) in [5.41, 5.74) is 0.774. The molecule has 2 N–H and O–H groups in total. The SMILES string of the molecule is COC(=O)Cn1cc(NC(=O)c2ccc(I)c(O)c2)cn1. The maximum absolute atomic E-state index is 12.0. The molecule has 1 amide bonds. The van der Waals surface area contributed by atoms with Gasteiger partial charge in [-0.05, 0) is 40.8 Å². The highest BCUT2D eigenvalue weighted by Gasteiger charge is 2.10. The van der Waals surface area contributed by atoms with Crippen molar-refractivity contribution in [1.29, 1.82) is 0 Å². The van der Waals surface area contributed by atoms with Crippen molar-refractivity contribution in [2.24, 2.45) is 0 Å². The first kappa shape index (κ1) is 15.3. The molecular formula is C13H12IN3O4. The van der Waals surface area contributed by atoms with Gasteiger partial charge in [-0.3, -0.25) is 14.3 Å². The van der Waals surface area contributed by atoms with Crippen molar-refractivity contribution in [2.45, 2.75) is 6.54 Å². The summed E-state index contributed by atoms with van der Waals surface area (Å²) in [7, 11) is 1.29. The Bertz CT molecular complexity index is 684. The molecule has 8 heteroatoms. The molecule has 0 radical (unpaired) electrons. The smallest absolute Gasteiger partial charge is 0.327 e. The molecule has 1 aromatic heterocycles. The van der Waals surface area contributed by atoms with E-state index in [9.17, 15) is 14.7 Å². The highest BCUT2D eigenvalue weighted by molar-refractivity contribution is 14.1. The van der Waals surface area contributed by atoms with Crippen LogP contribution < -0.4 is 5.32 Å². The fraction of sp³-hybridized carbons (Fsp3) is 0.154. The fourth-order valence-corrected chi connectivity index (χ4v) is 1.90. The Morgan fingerprint density at radius 3 is 2.90 bits per heavy atom. The van der Waals surface area contributed by atoms with Crippen molar-refractivity contribution in [3.05, 3.63) is 39.7 Å². The Labute approximate surface area is 134 Å². The van der Waals surface area contributed by atoms with Crippen molar-refractivity contribution < 1.29 is 19.4 Å². The quantitative estimate of drug-likeness (QED) is 0.600. The molecule has 0 saturated carbocycles. The molecule has 0 aliphatic carbocycles. The number of aromatic hydroxyl groups is 1. The number of methoxy groups -OCH3 is 1. The molecule has 7 nitrogen and oxygen atoms in total. The normalized spacial score (nSPS) is 10.2. The third-order valence-electron chi connectivity index (χ3n) is 2.62. The lowest BCUT2D eigenvalue weighted by Crippen LogP contribution is -2.12. The van der Waals surface area contributed by atoms with Gasteiger partial charge in [0.25, 0.3) is 5.91 Å². The van der Waals surface area contributed by atoms with Gasteiger partial charge in [-0.25, -0.2) is 0 Å². The van der Waals surface area contributed by atoms with E-state index >= 15 is 0 Å². The van der Waals surface area contributed by atoms with Crippen LogP contribution in [0.2, 0.25) is 0 Å². The number of rotatable bonds is 4. The molecule has 0 atom stereocenters. The van der Waals surface area contributed by atoms with E-state index in [1.54, 1.807) is 12.1 Å². The highest BCUT2D eigenvalue weighted by Crippen LogP contribution is 2.21. The molecule has 0 aliphatic heterocycles. The summed E-state index contributed by atoms with van der Waals surface area (Å²) < 4.78 is 6.54. The van der Waals surface area contributed by atoms with Crippen LogP contribution in [0.1, 0.15) is 10.4 Å². The minimum Gasteiger partial charge on any atom is -0.507 e. The van der Waals surface area contributed by atoms with Crippen LogP contribution in [0.15, 0.2) is 30.6 Å². The van der Waals surface area contributed by atoms with Gasteiger partial charge in [-0.1, -0.05) is 0 Å². The number of phenols is 1. The number of esters is 1. The Morgan fingerprint density at radius 1 is 1.48 bits per heavy atom. The van der Waals surface area contributed by atoms with Crippen LogP contribution in [-0.4, -0.2) is 33.9 Å². The van der Waals surface area contributed by atoms with Crippen LogP contribution >= 0.6 is 22.6 Å². The Kier molecular flexibility index (Phi) is 4.78. The molecule has 1 aromatic carbocycles. The number of aromatic nitrogens is 2. The van der Waals surface area contributed by atoms with Gasteiger partial charge < -0.3 is 15.2 Å². The van der Waals surface area contributed by atoms with E-state index in [1.165, 1.54) is 30.3 Å². The summed E-state index contributed by atoms with van der Waals surface area (Å²) in [5.74, 6) is -0.762. The van der Waals surface area contributed by atoms with Crippen LogP contribution in [0, 0.1) is 3.57 Å². The lowest BCUT2D eigenvalue weighted by molar-refractivity contribution is -0.141. The first-order valence-corrected chi connectivity index (χ1v) is 6.96. The third kappa shape index (κ3) is 3.94. The second-order valence-corrected chi connectivity index (χ2v) is 5.29. The second kappa shape index (κ2) is 6.57. The molecule has 0 aliphatic rings. The zero-order chi connectivity index (χ0) is 15.4. The molecular weight excluding hydrogens is 389 g/mol. The van der Waals surface area contributed by atoms with Gasteiger partial charge in [0.1, 0.15) is 12.3 Å². The molecule has 0 bridgehead atoms. The number of carbonyl (C=O) groups excluding carboxylic acids is 2. The number of carbonyl (C=O) groups is 2. The number of ether oxygens (including phenoxy) is 1. The summed E-state index contributed by atoms with van der Waals surface area (Å²) in [5, 5.41) is 16.2. The number of hydrogen-bond acceptors (Lipinski definition) is 5. The van der Waals surface area contributed by atoms with Gasteiger partial charge in [0.2, 0.25) is 0 Å². The van der Waals surface area contributed by atoms with E-state index in [1.807, 2.05) is 22.6 Å². The molecule has 2 rings (SSSR count). The maximum Gasteiger partial charge on any atom is 0.327 e. The van der Waals surface area contributed by atoms with Crippen molar-refractivity contribution >= 4 is 40.2 Å². The topological polar surface area (TPSA) is 93.5 Å². The molecule has 0 saturated heterocycles. The molecule has 0 unspecified atom stereocenters. The van der Waals surface area contributed by atoms with Gasteiger partial charge in [-0.15, -0.1) is 0 Å². The zero-order valence-corrected chi connectivity index (χ0v) is 13.2. The second-order valence-electron chi connectivity index (χ2n) is 4.12. The predicted octanol–water partition coefficient (Wildman–Crippen LogP) is 1.62. The van der Waals surface area contributed by atoms with Crippen molar-refractivity contribution in [2.75, 3.05) is 12.4 Å². The van der Waals surface area contributed by atoms with E-state index in [-0.39, 0.29) is 18.2 Å². The molecule has 0 spiro atoms. The van der Waals surface area contributed by atoms with Gasteiger partial charge in [0.05, 0.1) is 22.6 Å². The van der Waals surface area contributed by atoms with Gasteiger partial charge in [0, 0.05) is 11.8 Å². The zero-order valence-electron chi connectivity index (χ0n) is 11.0. The van der Waals surface area contributed by atoms with Crippen LogP contribution in [0.3, 0.4) is 0 Å². The summed E-state index contributed by atoms with van der Waals surface area (Å²) in [6.07, 6.45) is 2.94. The monoisotopic (exact) mass is 401 g/mol. The lowest BCUT2D eigenvalue weighted by Gasteiger charge is -2.04. The molecule has 21 heavy (non-hydrogen) atoms. The van der Waals surface area contributed by atoms with E-state index in [0.29, 0.717) is 14.8 Å². The highest BCUT2D eigenvalue weighted by atomic mass is 127. The third-order valence-corrected chi connectivity index (χ3v) is 3.53. The van der Waals surface area contributed by atoms with E-state index in [0.717, 1.165) is 0 Å². The van der Waals surface area contributed by atoms with Crippen LogP contribution in [0.25, 0.3) is 0 Å². The van der Waals surface area contributed by atoms with Gasteiger partial charge in [0.15, 0.2) is 0 Å². The fourth-order valence-electron chi connectivity index (χ4n) is 1.57. The Balaban J connectivity index is 2.05. The molecule has 0 fully saturated rings. The number of nitrogens with one attached hydrogen (secondary N) is 1. The maximum atomic E-state index is 12.0. The lowest BCUT2D eigenvalue weighted by atomic mass is 10.2. The first-order chi connectivity index (χ1) is 9.99. The number of phenolic OH excluding ortho intramolecular Hbond substituents is 1. The van der Waals surface area contributed by atoms with Crippen LogP contribution in [-0.2, 0) is 16.1 Å². The first-order valence-electron chi connectivity index (χ1n) is 5.88. The van der Waals surface area contributed by atoms with Gasteiger partial charge >= 0.3 is 5.97 Å². The Hall–Kier alpha value is -2.10. The summed E-state index contributed by atoms with van der Waals surface area (Å²) in [4.78, 5) is 23.1. The molecule has 1 heterocycles. The number of hydrogen-bond donors (Lipinski definition) is 2. The summed E-state index contributed by atoms with van der Waals surface area (Å²) >= 11 is 1.97. The van der Waals surface area contributed by atoms with Crippen LogP contribution in [0.5, 0.6) is 5.75 Å². The van der Waals surface area contributed by atoms with E-state index in [4.69, 9.17) is 0 Å². The Morgan fingerprint density at radius 2 is 2.24 bits per heavy atom. The molecule has 2 aromatic rings. The average Bonchev–Trinajstić information content (AvgIpc) is 2.88. The number of halogens is 1. The van der Waals surface area contributed by atoms with E-state index < -0.39 is 5.97 Å². The standard InChI is InChI=1S/C13H12IN3O4/c1-21-12(19)7-17-6-9(5-15-17)16-13(20)8-2-3-10(14)11(18)4-8/h2-6,18H,7H2,1H3,(H,16,20). The summed E-state index contributed by atoms with van der Waals surface area (Å²) in [6, 6.07) is 4.64. The largest absolute Gasteiger partial charge is 0.507 e. The van der Waals surface area contributed by atoms with Gasteiger partial charge in [-0.2, -0.15) is 5.10 Å². The van der Waals surface area contributed by atoms with Crippen molar-refractivity contribution in [3.8, 4) is 5.75 Å². The number of amides is 1. The van der Waals surface area contributed by atoms with Crippen LogP contribution in [0.4, 0.5) is 5.69 Å². The van der Waals surface area contributed by atoms with Crippen molar-refractivity contribution in [3.63, 3.8) is 0 Å². The minimum absolute atomic E-state index is 0.0311. The predicted molar refractivity (Wildman–Crippen MR) is 83.0 cm³/mol. The number of benzene rings is 1. The van der Waals surface area contributed by atoms with Crippen molar-refractivity contribution in [1.82, 2.24) is 9.78 Å². The molecule has 110 valence electrons.